The van der Waals surface area contributed by atoms with Gasteiger partial charge in [-0.15, -0.1) is 0 Å². The lowest BCUT2D eigenvalue weighted by molar-refractivity contribution is -0.129. The fourth-order valence-corrected chi connectivity index (χ4v) is 8.47. The van der Waals surface area contributed by atoms with Crippen molar-refractivity contribution in [1.29, 1.82) is 0 Å². The van der Waals surface area contributed by atoms with Crippen molar-refractivity contribution in [3.63, 3.8) is 0 Å². The quantitative estimate of drug-likeness (QED) is 0.497. The molecule has 4 fully saturated rings. The van der Waals surface area contributed by atoms with Gasteiger partial charge < -0.3 is 10.1 Å². The average Bonchev–Trinajstić information content (AvgIpc) is 2.89. The molecule has 0 saturated heterocycles. The van der Waals surface area contributed by atoms with Crippen LogP contribution in [0.3, 0.4) is 0 Å². The average molecular weight is 511 g/mol. The van der Waals surface area contributed by atoms with Crippen LogP contribution >= 0.6 is 0 Å². The number of carbonyl (C=O) groups excluding carboxylic acids is 2. The van der Waals surface area contributed by atoms with Crippen molar-refractivity contribution < 1.29 is 22.7 Å². The van der Waals surface area contributed by atoms with Gasteiger partial charge in [0.05, 0.1) is 6.10 Å². The van der Waals surface area contributed by atoms with Gasteiger partial charge in [0.1, 0.15) is 5.25 Å². The molecule has 4 aliphatic rings. The Morgan fingerprint density at radius 1 is 0.686 bits per heavy atom. The molecule has 0 spiro atoms. The van der Waals surface area contributed by atoms with Gasteiger partial charge in [-0.05, 0) is 63.7 Å². The summed E-state index contributed by atoms with van der Waals surface area (Å²) in [6.45, 7) is 0.808. The smallest absolute Gasteiger partial charge is 0.239 e. The van der Waals surface area contributed by atoms with Gasteiger partial charge in [-0.1, -0.05) is 57.8 Å². The summed E-state index contributed by atoms with van der Waals surface area (Å²) < 4.78 is 35.0. The number of nitrogens with one attached hydrogen (secondary N) is 2. The highest BCUT2D eigenvalue weighted by atomic mass is 32.2. The lowest BCUT2D eigenvalue weighted by atomic mass is 9.85. The third kappa shape index (κ3) is 7.67. The van der Waals surface area contributed by atoms with E-state index in [1.165, 1.54) is 32.1 Å². The molecule has 2 N–H and O–H groups in total. The summed E-state index contributed by atoms with van der Waals surface area (Å²) >= 11 is 0. The van der Waals surface area contributed by atoms with Gasteiger partial charge in [-0.2, -0.15) is 0 Å². The Hall–Kier alpha value is -1.15. The number of ether oxygens (including phenoxy) is 1. The molecular weight excluding hydrogens is 464 g/mol. The number of rotatable bonds is 8. The van der Waals surface area contributed by atoms with E-state index in [1.807, 2.05) is 0 Å². The zero-order valence-electron chi connectivity index (χ0n) is 21.3. The van der Waals surface area contributed by atoms with Crippen LogP contribution in [-0.4, -0.2) is 44.2 Å². The van der Waals surface area contributed by atoms with E-state index < -0.39 is 21.3 Å². The first-order valence-electron chi connectivity index (χ1n) is 14.4. The number of carbonyl (C=O) groups is 2. The fourth-order valence-electron chi connectivity index (χ4n) is 6.76. The molecule has 0 aliphatic heterocycles. The molecule has 0 radical (unpaired) electrons. The first kappa shape index (κ1) is 26.9. The van der Waals surface area contributed by atoms with Crippen molar-refractivity contribution in [3.05, 3.63) is 0 Å². The Kier molecular flexibility index (Phi) is 9.91. The summed E-state index contributed by atoms with van der Waals surface area (Å²) in [5.41, 5.74) is 0. The Bertz CT molecular complexity index is 804. The van der Waals surface area contributed by atoms with Crippen LogP contribution in [0.25, 0.3) is 0 Å². The van der Waals surface area contributed by atoms with E-state index in [-0.39, 0.29) is 29.8 Å². The number of amides is 2. The molecule has 4 unspecified atom stereocenters. The van der Waals surface area contributed by atoms with Crippen molar-refractivity contribution in [2.75, 3.05) is 6.61 Å². The topological polar surface area (TPSA) is 102 Å². The Morgan fingerprint density at radius 3 is 2.06 bits per heavy atom. The molecule has 35 heavy (non-hydrogen) atoms. The summed E-state index contributed by atoms with van der Waals surface area (Å²) in [4.78, 5) is 25.9. The predicted octanol–water partition coefficient (Wildman–Crippen LogP) is 4.60. The monoisotopic (exact) mass is 510 g/mol. The lowest BCUT2D eigenvalue weighted by Gasteiger charge is -2.35. The minimum atomic E-state index is -3.83. The second-order valence-electron chi connectivity index (χ2n) is 11.6. The molecule has 8 heteroatoms. The van der Waals surface area contributed by atoms with Gasteiger partial charge in [0.25, 0.3) is 0 Å². The summed E-state index contributed by atoms with van der Waals surface area (Å²) in [6.07, 6.45) is 17.5. The largest absolute Gasteiger partial charge is 0.378 e. The van der Waals surface area contributed by atoms with Crippen molar-refractivity contribution in [3.8, 4) is 0 Å². The molecule has 0 aromatic carbocycles. The zero-order valence-corrected chi connectivity index (χ0v) is 22.2. The zero-order chi connectivity index (χ0) is 24.7. The predicted molar refractivity (Wildman–Crippen MR) is 136 cm³/mol. The van der Waals surface area contributed by atoms with Gasteiger partial charge in [0, 0.05) is 24.5 Å². The maximum absolute atomic E-state index is 13.2. The molecule has 0 bridgehead atoms. The Balaban J connectivity index is 1.29. The number of hydrogen-bond donors (Lipinski definition) is 2. The van der Waals surface area contributed by atoms with E-state index in [0.717, 1.165) is 77.2 Å². The summed E-state index contributed by atoms with van der Waals surface area (Å²) in [7, 11) is -3.83. The Morgan fingerprint density at radius 2 is 1.31 bits per heavy atom. The molecule has 7 nitrogen and oxygen atoms in total. The minimum Gasteiger partial charge on any atom is -0.378 e. The van der Waals surface area contributed by atoms with Crippen LogP contribution in [-0.2, 0) is 24.3 Å². The van der Waals surface area contributed by atoms with Gasteiger partial charge in [-0.25, -0.2) is 8.42 Å². The van der Waals surface area contributed by atoms with Gasteiger partial charge in [0.15, 0.2) is 0 Å². The van der Waals surface area contributed by atoms with Crippen LogP contribution in [0.15, 0.2) is 0 Å². The van der Waals surface area contributed by atoms with Crippen LogP contribution in [0.5, 0.6) is 0 Å². The molecule has 200 valence electrons. The van der Waals surface area contributed by atoms with Crippen LogP contribution in [0, 0.1) is 17.8 Å². The van der Waals surface area contributed by atoms with Crippen molar-refractivity contribution in [1.82, 2.24) is 10.0 Å². The molecule has 2 amide bonds. The second-order valence-corrected chi connectivity index (χ2v) is 13.5. The highest BCUT2D eigenvalue weighted by molar-refractivity contribution is 7.90. The molecule has 0 aromatic rings. The highest BCUT2D eigenvalue weighted by Gasteiger charge is 2.40. The second kappa shape index (κ2) is 12.9. The minimum absolute atomic E-state index is 0.0401. The molecular formula is C27H46N2O5S. The van der Waals surface area contributed by atoms with E-state index >= 15 is 0 Å². The fraction of sp³-hybridized carbons (Fsp3) is 0.926. The van der Waals surface area contributed by atoms with Crippen LogP contribution in [0.1, 0.15) is 116 Å². The summed E-state index contributed by atoms with van der Waals surface area (Å²) in [6, 6.07) is -0.434. The number of sulfonamides is 1. The summed E-state index contributed by atoms with van der Waals surface area (Å²) in [5, 5.41) is 2.36. The molecule has 4 rings (SSSR count). The SMILES string of the molecule is O=C(NC1CCCCC1S(=O)(=O)NC(=O)C1CCCCC1)C1CCCC(OCC2CCCCC2)C1. The van der Waals surface area contributed by atoms with E-state index in [0.29, 0.717) is 18.8 Å². The van der Waals surface area contributed by atoms with Crippen LogP contribution in [0.2, 0.25) is 0 Å². The van der Waals surface area contributed by atoms with E-state index in [2.05, 4.69) is 10.0 Å². The third-order valence-electron chi connectivity index (χ3n) is 8.94. The van der Waals surface area contributed by atoms with E-state index in [1.54, 1.807) is 0 Å². The third-order valence-corrected chi connectivity index (χ3v) is 10.8. The molecule has 0 heterocycles. The lowest BCUT2D eigenvalue weighted by Crippen LogP contribution is -2.54. The Labute approximate surface area is 212 Å². The molecule has 4 atom stereocenters. The van der Waals surface area contributed by atoms with Crippen molar-refractivity contribution >= 4 is 21.8 Å². The normalized spacial score (nSPS) is 31.5. The first-order chi connectivity index (χ1) is 16.9. The summed E-state index contributed by atoms with van der Waals surface area (Å²) in [5.74, 6) is -0.0626. The maximum Gasteiger partial charge on any atom is 0.239 e. The van der Waals surface area contributed by atoms with Crippen molar-refractivity contribution in [2.24, 2.45) is 17.8 Å². The standard InChI is InChI=1S/C27H46N2O5S/c30-26(22-14-9-15-23(18-22)34-19-20-10-3-1-4-11-20)28-24-16-7-8-17-25(24)35(32,33)29-27(31)21-12-5-2-6-13-21/h20-25H,1-19H2,(H,28,30)(H,29,31). The van der Waals surface area contributed by atoms with Gasteiger partial charge in [0.2, 0.25) is 21.8 Å². The van der Waals surface area contributed by atoms with E-state index in [4.69, 9.17) is 4.74 Å². The number of hydrogen-bond acceptors (Lipinski definition) is 5. The van der Waals surface area contributed by atoms with Gasteiger partial charge in [-0.3, -0.25) is 14.3 Å². The van der Waals surface area contributed by atoms with Crippen LogP contribution in [0.4, 0.5) is 0 Å². The van der Waals surface area contributed by atoms with Crippen molar-refractivity contribution in [2.45, 2.75) is 133 Å². The molecule has 4 saturated carbocycles. The highest BCUT2D eigenvalue weighted by Crippen LogP contribution is 2.31. The maximum atomic E-state index is 13.2. The molecule has 0 aromatic heterocycles. The van der Waals surface area contributed by atoms with Gasteiger partial charge >= 0.3 is 0 Å². The van der Waals surface area contributed by atoms with E-state index in [9.17, 15) is 18.0 Å². The molecule has 4 aliphatic carbocycles. The van der Waals surface area contributed by atoms with Crippen LogP contribution < -0.4 is 10.0 Å². The first-order valence-corrected chi connectivity index (χ1v) is 15.9.